The summed E-state index contributed by atoms with van der Waals surface area (Å²) in [5, 5.41) is 3.41. The van der Waals surface area contributed by atoms with E-state index in [2.05, 4.69) is 50.8 Å². The summed E-state index contributed by atoms with van der Waals surface area (Å²) in [7, 11) is 0. The normalized spacial score (nSPS) is 20.2. The zero-order valence-electron chi connectivity index (χ0n) is 12.4. The lowest BCUT2D eigenvalue weighted by atomic mass is 10.2. The van der Waals surface area contributed by atoms with Crippen molar-refractivity contribution in [2.45, 2.75) is 33.2 Å². The highest BCUT2D eigenvalue weighted by Crippen LogP contribution is 2.18. The van der Waals surface area contributed by atoms with Crippen LogP contribution in [-0.2, 0) is 0 Å². The van der Waals surface area contributed by atoms with E-state index in [9.17, 15) is 0 Å². The second-order valence-corrected chi connectivity index (χ2v) is 5.42. The first-order valence-electron chi connectivity index (χ1n) is 7.28. The fourth-order valence-electron chi connectivity index (χ4n) is 2.44. The van der Waals surface area contributed by atoms with E-state index in [-0.39, 0.29) is 5.28 Å². The van der Waals surface area contributed by atoms with Crippen molar-refractivity contribution in [1.82, 2.24) is 19.9 Å². The fourth-order valence-corrected chi connectivity index (χ4v) is 2.60. The summed E-state index contributed by atoms with van der Waals surface area (Å²) in [6.45, 7) is 11.3. The third-order valence-electron chi connectivity index (χ3n) is 3.58. The number of likely N-dealkylation sites (N-methyl/N-ethyl adjacent to an activating group) is 1. The molecule has 7 heteroatoms. The van der Waals surface area contributed by atoms with Gasteiger partial charge in [0.2, 0.25) is 17.2 Å². The molecule has 1 aromatic rings. The average Bonchev–Trinajstić information content (AvgIpc) is 2.44. The first kappa shape index (κ1) is 15.3. The van der Waals surface area contributed by atoms with Gasteiger partial charge in [-0.15, -0.1) is 0 Å². The van der Waals surface area contributed by atoms with Crippen molar-refractivity contribution in [2.24, 2.45) is 0 Å². The molecule has 0 radical (unpaired) electrons. The molecule has 20 heavy (non-hydrogen) atoms. The maximum absolute atomic E-state index is 6.00. The van der Waals surface area contributed by atoms with Crippen LogP contribution in [0, 0.1) is 0 Å². The fraction of sp³-hybridized carbons (Fsp3) is 0.769. The number of anilines is 2. The second-order valence-electron chi connectivity index (χ2n) is 5.08. The minimum atomic E-state index is 0.249. The second kappa shape index (κ2) is 7.04. The van der Waals surface area contributed by atoms with Gasteiger partial charge in [0.15, 0.2) is 0 Å². The minimum absolute atomic E-state index is 0.249. The Morgan fingerprint density at radius 1 is 1.25 bits per heavy atom. The Hall–Kier alpha value is -1.14. The first-order chi connectivity index (χ1) is 9.63. The van der Waals surface area contributed by atoms with Crippen molar-refractivity contribution >= 4 is 23.5 Å². The molecule has 1 atom stereocenters. The van der Waals surface area contributed by atoms with E-state index in [0.29, 0.717) is 17.9 Å². The summed E-state index contributed by atoms with van der Waals surface area (Å²) >= 11 is 6.00. The highest BCUT2D eigenvalue weighted by molar-refractivity contribution is 6.28. The number of aromatic nitrogens is 3. The quantitative estimate of drug-likeness (QED) is 0.896. The molecule has 1 saturated heterocycles. The Labute approximate surface area is 125 Å². The lowest BCUT2D eigenvalue weighted by Gasteiger charge is -2.39. The van der Waals surface area contributed by atoms with Crippen LogP contribution in [0.15, 0.2) is 0 Å². The van der Waals surface area contributed by atoms with Gasteiger partial charge in [0.1, 0.15) is 0 Å². The summed E-state index contributed by atoms with van der Waals surface area (Å²) in [6, 6.07) is 0.497. The molecule has 1 aliphatic rings. The number of nitrogens with zero attached hydrogens (tertiary/aromatic N) is 5. The number of halogens is 1. The molecule has 0 spiro atoms. The summed E-state index contributed by atoms with van der Waals surface area (Å²) < 4.78 is 0. The SMILES string of the molecule is CCCNc1nc(Cl)nc(N2CCN(CC)C(C)C2)n1. The Morgan fingerprint density at radius 3 is 2.70 bits per heavy atom. The smallest absolute Gasteiger partial charge is 0.231 e. The van der Waals surface area contributed by atoms with Gasteiger partial charge in [0.25, 0.3) is 0 Å². The van der Waals surface area contributed by atoms with Gasteiger partial charge < -0.3 is 10.2 Å². The zero-order valence-corrected chi connectivity index (χ0v) is 13.2. The Balaban J connectivity index is 2.10. The molecule has 0 bridgehead atoms. The van der Waals surface area contributed by atoms with Crippen molar-refractivity contribution in [3.8, 4) is 0 Å². The molecular weight excluding hydrogens is 276 g/mol. The minimum Gasteiger partial charge on any atom is -0.354 e. The largest absolute Gasteiger partial charge is 0.354 e. The third kappa shape index (κ3) is 3.70. The molecule has 0 aromatic carbocycles. The number of rotatable bonds is 5. The molecule has 112 valence electrons. The number of nitrogens with one attached hydrogen (secondary N) is 1. The van der Waals surface area contributed by atoms with E-state index in [4.69, 9.17) is 11.6 Å². The summed E-state index contributed by atoms with van der Waals surface area (Å²) in [6.07, 6.45) is 1.02. The molecule has 1 aliphatic heterocycles. The van der Waals surface area contributed by atoms with Crippen LogP contribution >= 0.6 is 11.6 Å². The van der Waals surface area contributed by atoms with Gasteiger partial charge >= 0.3 is 0 Å². The summed E-state index contributed by atoms with van der Waals surface area (Å²) in [5.74, 6) is 1.23. The first-order valence-corrected chi connectivity index (χ1v) is 7.66. The molecule has 2 heterocycles. The van der Waals surface area contributed by atoms with E-state index < -0.39 is 0 Å². The van der Waals surface area contributed by atoms with Gasteiger partial charge in [-0.1, -0.05) is 13.8 Å². The number of piperazine rings is 1. The van der Waals surface area contributed by atoms with Crippen LogP contribution in [-0.4, -0.2) is 58.6 Å². The summed E-state index contributed by atoms with van der Waals surface area (Å²) in [5.41, 5.74) is 0. The van der Waals surface area contributed by atoms with Gasteiger partial charge in [-0.2, -0.15) is 15.0 Å². The van der Waals surface area contributed by atoms with Crippen molar-refractivity contribution in [2.75, 3.05) is 42.9 Å². The molecule has 0 aliphatic carbocycles. The predicted octanol–water partition coefficient (Wildman–Crippen LogP) is 1.88. The van der Waals surface area contributed by atoms with Crippen LogP contribution in [0.5, 0.6) is 0 Å². The topological polar surface area (TPSA) is 57.2 Å². The Morgan fingerprint density at radius 2 is 2.05 bits per heavy atom. The molecule has 6 nitrogen and oxygen atoms in total. The monoisotopic (exact) mass is 298 g/mol. The molecule has 2 rings (SSSR count). The van der Waals surface area contributed by atoms with E-state index in [1.807, 2.05) is 0 Å². The van der Waals surface area contributed by atoms with Crippen molar-refractivity contribution in [1.29, 1.82) is 0 Å². The van der Waals surface area contributed by atoms with E-state index in [1.54, 1.807) is 0 Å². The number of hydrogen-bond acceptors (Lipinski definition) is 6. The highest BCUT2D eigenvalue weighted by Gasteiger charge is 2.24. The molecule has 0 saturated carbocycles. The van der Waals surface area contributed by atoms with E-state index >= 15 is 0 Å². The average molecular weight is 299 g/mol. The molecule has 1 unspecified atom stereocenters. The van der Waals surface area contributed by atoms with Crippen LogP contribution in [0.4, 0.5) is 11.9 Å². The maximum Gasteiger partial charge on any atom is 0.231 e. The number of hydrogen-bond donors (Lipinski definition) is 1. The van der Waals surface area contributed by atoms with Gasteiger partial charge in [0.05, 0.1) is 0 Å². The van der Waals surface area contributed by atoms with Crippen molar-refractivity contribution in [3.05, 3.63) is 5.28 Å². The highest BCUT2D eigenvalue weighted by atomic mass is 35.5. The van der Waals surface area contributed by atoms with Crippen LogP contribution in [0.25, 0.3) is 0 Å². The standard InChI is InChI=1S/C13H23ClN6/c1-4-6-15-12-16-11(14)17-13(18-12)20-8-7-19(5-2)10(3)9-20/h10H,4-9H2,1-3H3,(H,15,16,17,18). The van der Waals surface area contributed by atoms with Gasteiger partial charge in [0, 0.05) is 32.2 Å². The predicted molar refractivity (Wildman–Crippen MR) is 82.5 cm³/mol. The van der Waals surface area contributed by atoms with Gasteiger partial charge in [-0.05, 0) is 31.5 Å². The van der Waals surface area contributed by atoms with Crippen LogP contribution in [0.3, 0.4) is 0 Å². The van der Waals surface area contributed by atoms with Crippen molar-refractivity contribution in [3.63, 3.8) is 0 Å². The summed E-state index contributed by atoms with van der Waals surface area (Å²) in [4.78, 5) is 17.5. The molecule has 1 fully saturated rings. The van der Waals surface area contributed by atoms with Crippen LogP contribution in [0.1, 0.15) is 27.2 Å². The van der Waals surface area contributed by atoms with Crippen LogP contribution < -0.4 is 10.2 Å². The van der Waals surface area contributed by atoms with Gasteiger partial charge in [-0.25, -0.2) is 0 Å². The zero-order chi connectivity index (χ0) is 14.5. The van der Waals surface area contributed by atoms with Crippen LogP contribution in [0.2, 0.25) is 5.28 Å². The lowest BCUT2D eigenvalue weighted by molar-refractivity contribution is 0.198. The lowest BCUT2D eigenvalue weighted by Crippen LogP contribution is -2.52. The van der Waals surface area contributed by atoms with E-state index in [0.717, 1.165) is 39.1 Å². The van der Waals surface area contributed by atoms with E-state index in [1.165, 1.54) is 0 Å². The molecular formula is C13H23ClN6. The van der Waals surface area contributed by atoms with Gasteiger partial charge in [-0.3, -0.25) is 4.90 Å². The maximum atomic E-state index is 6.00. The molecule has 1 N–H and O–H groups in total. The Kier molecular flexibility index (Phi) is 5.37. The Bertz CT molecular complexity index is 441. The molecule has 1 aromatic heterocycles. The molecule has 0 amide bonds. The third-order valence-corrected chi connectivity index (χ3v) is 3.75. The van der Waals surface area contributed by atoms with Crippen molar-refractivity contribution < 1.29 is 0 Å².